The van der Waals surface area contributed by atoms with Crippen molar-refractivity contribution in [2.75, 3.05) is 11.4 Å². The summed E-state index contributed by atoms with van der Waals surface area (Å²) >= 11 is 23.3. The maximum Gasteiger partial charge on any atom is 0.260 e. The number of hydrogen-bond acceptors (Lipinski definition) is 5. The third-order valence-electron chi connectivity index (χ3n) is 6.61. The maximum absolute atomic E-state index is 12.9. The maximum atomic E-state index is 12.9. The van der Waals surface area contributed by atoms with Crippen LogP contribution in [0.25, 0.3) is 11.3 Å². The van der Waals surface area contributed by atoms with Crippen molar-refractivity contribution >= 4 is 63.9 Å². The number of carbonyl (C=O) groups excluding carboxylic acids is 2. The summed E-state index contributed by atoms with van der Waals surface area (Å²) in [6.07, 6.45) is 2.34. The lowest BCUT2D eigenvalue weighted by molar-refractivity contribution is -0.124. The molecule has 0 saturated heterocycles. The molecule has 2 aromatic carbocycles. The quantitative estimate of drug-likeness (QED) is 0.229. The molecule has 0 fully saturated rings. The first kappa shape index (κ1) is 33.9. The molecule has 3 atom stereocenters. The van der Waals surface area contributed by atoms with Crippen molar-refractivity contribution in [1.29, 1.82) is 0 Å². The number of benzene rings is 2. The highest BCUT2D eigenvalue weighted by Gasteiger charge is 2.29. The summed E-state index contributed by atoms with van der Waals surface area (Å²) in [6.45, 7) is 9.93. The van der Waals surface area contributed by atoms with Crippen LogP contribution < -0.4 is 16.0 Å². The summed E-state index contributed by atoms with van der Waals surface area (Å²) in [6, 6.07) is 13.4. The summed E-state index contributed by atoms with van der Waals surface area (Å²) in [5.74, 6) is -0.0896. The van der Waals surface area contributed by atoms with Gasteiger partial charge in [-0.05, 0) is 48.6 Å². The van der Waals surface area contributed by atoms with E-state index in [4.69, 9.17) is 56.7 Å². The zero-order valence-corrected chi connectivity index (χ0v) is 26.2. The molecule has 2 amide bonds. The molecular formula is C29H36Cl4N4O3. The standard InChI is InChI=1S/C22H30Cl2N4O3.C7H6Cl2/c1-5-14(4)19(25)21(29)27-17(13(2)3)12-28(22(30)20(23)24)16-8-6-7-15(11-16)18-9-10-26-31-18;1-5-6(8)3-2-4-7(5)9/h6-11,13-14,17,19-20H,5,12,25H2,1-4H3,(H,27,29);2-4H,1H3. The van der Waals surface area contributed by atoms with Crippen LogP contribution >= 0.6 is 46.4 Å². The largest absolute Gasteiger partial charge is 0.356 e. The molecule has 3 unspecified atom stereocenters. The Bertz CT molecular complexity index is 1220. The second-order valence-electron chi connectivity index (χ2n) is 9.79. The minimum Gasteiger partial charge on any atom is -0.356 e. The second-order valence-corrected chi connectivity index (χ2v) is 11.7. The molecule has 3 N–H and O–H groups in total. The SMILES string of the molecule is CCC(C)C(N)C(=O)NC(CN(C(=O)C(Cl)Cl)c1cccc(-c2ccno2)c1)C(C)C.Cc1c(Cl)cccc1Cl. The van der Waals surface area contributed by atoms with E-state index in [-0.39, 0.29) is 30.3 Å². The molecule has 0 aliphatic rings. The number of hydrogen-bond donors (Lipinski definition) is 2. The molecule has 0 aliphatic heterocycles. The fraction of sp³-hybridized carbons (Fsp3) is 0.414. The number of nitrogens with zero attached hydrogens (tertiary/aromatic N) is 2. The van der Waals surface area contributed by atoms with Crippen molar-refractivity contribution in [3.63, 3.8) is 0 Å². The molecule has 3 aromatic rings. The monoisotopic (exact) mass is 628 g/mol. The number of aromatic nitrogens is 1. The molecule has 1 heterocycles. The van der Waals surface area contributed by atoms with Gasteiger partial charge in [0.25, 0.3) is 5.91 Å². The second kappa shape index (κ2) is 16.2. The third-order valence-corrected chi connectivity index (χ3v) is 7.80. The number of halogens is 4. The van der Waals surface area contributed by atoms with E-state index < -0.39 is 16.8 Å². The third kappa shape index (κ3) is 9.67. The van der Waals surface area contributed by atoms with Crippen LogP contribution in [0.3, 0.4) is 0 Å². The lowest BCUT2D eigenvalue weighted by atomic mass is 9.97. The molecule has 0 spiro atoms. The molecule has 0 radical (unpaired) electrons. The molecule has 11 heteroatoms. The first-order valence-electron chi connectivity index (χ1n) is 12.9. The van der Waals surface area contributed by atoms with Crippen LogP contribution in [0.1, 0.15) is 39.7 Å². The Morgan fingerprint density at radius 2 is 1.68 bits per heavy atom. The number of nitrogens with one attached hydrogen (secondary N) is 1. The van der Waals surface area contributed by atoms with Crippen molar-refractivity contribution in [2.24, 2.45) is 17.6 Å². The first-order valence-corrected chi connectivity index (χ1v) is 14.6. The summed E-state index contributed by atoms with van der Waals surface area (Å²) in [7, 11) is 0. The number of rotatable bonds is 10. The highest BCUT2D eigenvalue weighted by atomic mass is 35.5. The highest BCUT2D eigenvalue weighted by Crippen LogP contribution is 2.27. The van der Waals surface area contributed by atoms with Crippen LogP contribution in [0.4, 0.5) is 5.69 Å². The molecular weight excluding hydrogens is 594 g/mol. The van der Waals surface area contributed by atoms with Crippen LogP contribution in [0.5, 0.6) is 0 Å². The van der Waals surface area contributed by atoms with Gasteiger partial charge in [-0.15, -0.1) is 0 Å². The van der Waals surface area contributed by atoms with Crippen LogP contribution in [0.15, 0.2) is 59.3 Å². The van der Waals surface area contributed by atoms with Crippen molar-refractivity contribution in [1.82, 2.24) is 10.5 Å². The van der Waals surface area contributed by atoms with Crippen molar-refractivity contribution in [3.05, 3.63) is 70.3 Å². The van der Waals surface area contributed by atoms with Gasteiger partial charge in [0, 0.05) is 39.9 Å². The number of carbonyl (C=O) groups is 2. The minimum atomic E-state index is -1.25. The zero-order valence-electron chi connectivity index (χ0n) is 23.2. The predicted molar refractivity (Wildman–Crippen MR) is 165 cm³/mol. The van der Waals surface area contributed by atoms with Gasteiger partial charge in [-0.25, -0.2) is 0 Å². The van der Waals surface area contributed by atoms with E-state index in [1.54, 1.807) is 30.5 Å². The Hall–Kier alpha value is -2.29. The fourth-order valence-electron chi connectivity index (χ4n) is 3.62. The van der Waals surface area contributed by atoms with Gasteiger partial charge in [-0.1, -0.05) is 104 Å². The molecule has 40 heavy (non-hydrogen) atoms. The molecule has 218 valence electrons. The Labute approximate surface area is 256 Å². The summed E-state index contributed by atoms with van der Waals surface area (Å²) in [5, 5.41) is 8.17. The zero-order chi connectivity index (χ0) is 30.0. The van der Waals surface area contributed by atoms with Crippen LogP contribution in [0.2, 0.25) is 10.0 Å². The molecule has 1 aromatic heterocycles. The number of alkyl halides is 2. The lowest BCUT2D eigenvalue weighted by Crippen LogP contribution is -2.54. The number of anilines is 1. The van der Waals surface area contributed by atoms with Crippen molar-refractivity contribution < 1.29 is 14.1 Å². The van der Waals surface area contributed by atoms with E-state index in [1.165, 1.54) is 4.90 Å². The van der Waals surface area contributed by atoms with Gasteiger partial charge < -0.3 is 20.5 Å². The summed E-state index contributed by atoms with van der Waals surface area (Å²) in [4.78, 5) is 25.8. The molecule has 0 aliphatic carbocycles. The Balaban J connectivity index is 0.000000526. The van der Waals surface area contributed by atoms with E-state index in [2.05, 4.69) is 10.5 Å². The Kier molecular flexibility index (Phi) is 13.8. The van der Waals surface area contributed by atoms with Crippen LogP contribution in [-0.4, -0.2) is 40.4 Å². The normalized spacial score (nSPS) is 13.3. The van der Waals surface area contributed by atoms with E-state index >= 15 is 0 Å². The predicted octanol–water partition coefficient (Wildman–Crippen LogP) is 7.29. The van der Waals surface area contributed by atoms with Gasteiger partial charge in [0.1, 0.15) is 0 Å². The molecule has 3 rings (SSSR count). The fourth-order valence-corrected chi connectivity index (χ4v) is 4.26. The minimum absolute atomic E-state index is 0.0324. The van der Waals surface area contributed by atoms with E-state index in [9.17, 15) is 9.59 Å². The topological polar surface area (TPSA) is 101 Å². The lowest BCUT2D eigenvalue weighted by Gasteiger charge is -2.32. The number of nitrogens with two attached hydrogens (primary N) is 1. The van der Waals surface area contributed by atoms with Crippen LogP contribution in [-0.2, 0) is 9.59 Å². The average molecular weight is 630 g/mol. The van der Waals surface area contributed by atoms with Crippen LogP contribution in [0, 0.1) is 18.8 Å². The van der Waals surface area contributed by atoms with E-state index in [0.717, 1.165) is 27.6 Å². The summed E-state index contributed by atoms with van der Waals surface area (Å²) in [5.41, 5.74) is 8.37. The van der Waals surface area contributed by atoms with Crippen molar-refractivity contribution in [2.45, 2.75) is 58.0 Å². The van der Waals surface area contributed by atoms with Gasteiger partial charge in [0.15, 0.2) is 10.6 Å². The van der Waals surface area contributed by atoms with Gasteiger partial charge in [-0.2, -0.15) is 0 Å². The molecule has 0 bridgehead atoms. The van der Waals surface area contributed by atoms with Gasteiger partial charge in [0.2, 0.25) is 5.91 Å². The molecule has 0 saturated carbocycles. The smallest absolute Gasteiger partial charge is 0.260 e. The van der Waals surface area contributed by atoms with Gasteiger partial charge in [0.05, 0.1) is 12.2 Å². The van der Waals surface area contributed by atoms with E-state index in [1.807, 2.05) is 58.9 Å². The van der Waals surface area contributed by atoms with Crippen molar-refractivity contribution in [3.8, 4) is 11.3 Å². The molecule has 7 nitrogen and oxygen atoms in total. The summed E-state index contributed by atoms with van der Waals surface area (Å²) < 4.78 is 5.22. The first-order chi connectivity index (χ1) is 18.9. The average Bonchev–Trinajstić information content (AvgIpc) is 3.48. The highest BCUT2D eigenvalue weighted by molar-refractivity contribution is 6.54. The van der Waals surface area contributed by atoms with E-state index in [0.29, 0.717) is 11.4 Å². The van der Waals surface area contributed by atoms with Gasteiger partial charge in [-0.3, -0.25) is 9.59 Å². The Morgan fingerprint density at radius 1 is 1.05 bits per heavy atom. The number of amides is 2. The Morgan fingerprint density at radius 3 is 2.17 bits per heavy atom. The van der Waals surface area contributed by atoms with Gasteiger partial charge >= 0.3 is 0 Å².